The van der Waals surface area contributed by atoms with Gasteiger partial charge in [0.25, 0.3) is 0 Å². The third-order valence-electron chi connectivity index (χ3n) is 4.92. The summed E-state index contributed by atoms with van der Waals surface area (Å²) in [4.78, 5) is 10.6. The third kappa shape index (κ3) is 12.5. The molecule has 142 valence electrons. The van der Waals surface area contributed by atoms with Crippen LogP contribution in [0.15, 0.2) is 24.3 Å². The summed E-state index contributed by atoms with van der Waals surface area (Å²) in [5.41, 5.74) is 7.94. The summed E-state index contributed by atoms with van der Waals surface area (Å²) in [6.45, 7) is 2.04. The number of benzene rings is 1. The van der Waals surface area contributed by atoms with Crippen LogP contribution in [0, 0.1) is 5.92 Å². The highest BCUT2D eigenvalue weighted by molar-refractivity contribution is 5.66. The highest BCUT2D eigenvalue weighted by Crippen LogP contribution is 2.16. The molecule has 25 heavy (non-hydrogen) atoms. The highest BCUT2D eigenvalue weighted by Gasteiger charge is 2.06. The lowest BCUT2D eigenvalue weighted by Crippen LogP contribution is -2.03. The Bertz CT molecular complexity index is 456. The van der Waals surface area contributed by atoms with E-state index in [1.54, 1.807) is 0 Å². The van der Waals surface area contributed by atoms with Crippen molar-refractivity contribution in [1.29, 1.82) is 0 Å². The molecule has 0 bridgehead atoms. The van der Waals surface area contributed by atoms with Crippen LogP contribution in [-0.4, -0.2) is 11.1 Å². The van der Waals surface area contributed by atoms with Crippen molar-refractivity contribution in [1.82, 2.24) is 0 Å². The molecule has 0 spiro atoms. The lowest BCUT2D eigenvalue weighted by molar-refractivity contribution is -0.138. The summed E-state index contributed by atoms with van der Waals surface area (Å²) >= 11 is 0. The van der Waals surface area contributed by atoms with Crippen molar-refractivity contribution in [2.75, 3.05) is 5.73 Å². The average molecular weight is 348 g/mol. The molecule has 1 atom stereocenters. The lowest BCUT2D eigenvalue weighted by Gasteiger charge is -2.08. The van der Waals surface area contributed by atoms with Crippen molar-refractivity contribution in [3.05, 3.63) is 29.8 Å². The van der Waals surface area contributed by atoms with Crippen LogP contribution in [0.1, 0.15) is 89.5 Å². The van der Waals surface area contributed by atoms with E-state index in [-0.39, 0.29) is 0 Å². The number of aryl methyl sites for hydroxylation is 1. The van der Waals surface area contributed by atoms with Gasteiger partial charge in [0.05, 0.1) is 0 Å². The first-order valence-electron chi connectivity index (χ1n) is 10.1. The third-order valence-corrected chi connectivity index (χ3v) is 4.92. The molecule has 0 aliphatic heterocycles. The number of carbonyl (C=O) groups is 1. The van der Waals surface area contributed by atoms with Crippen LogP contribution in [0.2, 0.25) is 0 Å². The zero-order chi connectivity index (χ0) is 18.3. The van der Waals surface area contributed by atoms with Crippen LogP contribution in [-0.2, 0) is 11.2 Å². The molecule has 0 amide bonds. The van der Waals surface area contributed by atoms with Gasteiger partial charge in [0.1, 0.15) is 0 Å². The van der Waals surface area contributed by atoms with E-state index >= 15 is 0 Å². The Hall–Kier alpha value is -1.51. The molecule has 0 saturated heterocycles. The van der Waals surface area contributed by atoms with Crippen molar-refractivity contribution >= 4 is 11.7 Å². The quantitative estimate of drug-likeness (QED) is 0.293. The molecule has 0 heterocycles. The number of hydrogen-bond acceptors (Lipinski definition) is 2. The summed E-state index contributed by atoms with van der Waals surface area (Å²) in [6.07, 6.45) is 15.6. The molecule has 0 aromatic heterocycles. The molecule has 0 saturated carbocycles. The Morgan fingerprint density at radius 2 is 1.36 bits per heavy atom. The predicted molar refractivity (Wildman–Crippen MR) is 107 cm³/mol. The summed E-state index contributed by atoms with van der Waals surface area (Å²) < 4.78 is 0. The van der Waals surface area contributed by atoms with Gasteiger partial charge in [-0.25, -0.2) is 0 Å². The smallest absolute Gasteiger partial charge is 0.303 e. The number of rotatable bonds is 15. The van der Waals surface area contributed by atoms with Crippen LogP contribution in [0.3, 0.4) is 0 Å². The SMILES string of the molecule is CC(CCCCCCCCCCCCc1ccc(N)cc1)CC(=O)O. The minimum absolute atomic E-state index is 0.318. The molecule has 3 nitrogen and oxygen atoms in total. The monoisotopic (exact) mass is 347 g/mol. The molecule has 0 fully saturated rings. The molecule has 3 heteroatoms. The van der Waals surface area contributed by atoms with Gasteiger partial charge in [0, 0.05) is 12.1 Å². The minimum atomic E-state index is -0.666. The number of anilines is 1. The van der Waals surface area contributed by atoms with Crippen molar-refractivity contribution in [3.8, 4) is 0 Å². The fourth-order valence-electron chi connectivity index (χ4n) is 3.32. The normalized spacial score (nSPS) is 12.2. The Morgan fingerprint density at radius 3 is 1.88 bits per heavy atom. The van der Waals surface area contributed by atoms with Gasteiger partial charge in [-0.2, -0.15) is 0 Å². The number of aliphatic carboxylic acids is 1. The second-order valence-electron chi connectivity index (χ2n) is 7.52. The van der Waals surface area contributed by atoms with Gasteiger partial charge >= 0.3 is 5.97 Å². The Morgan fingerprint density at radius 1 is 0.880 bits per heavy atom. The minimum Gasteiger partial charge on any atom is -0.481 e. The molecule has 0 aliphatic carbocycles. The first-order valence-corrected chi connectivity index (χ1v) is 10.1. The first-order chi connectivity index (χ1) is 12.1. The van der Waals surface area contributed by atoms with E-state index in [2.05, 4.69) is 12.1 Å². The standard InChI is InChI=1S/C22H37NO2/c1-19(18-22(24)25)12-10-8-6-4-2-3-5-7-9-11-13-20-14-16-21(23)17-15-20/h14-17,19H,2-13,18,23H2,1H3,(H,24,25). The van der Waals surface area contributed by atoms with Crippen molar-refractivity contribution in [2.24, 2.45) is 5.92 Å². The van der Waals surface area contributed by atoms with Gasteiger partial charge in [-0.05, 0) is 36.5 Å². The molecule has 3 N–H and O–H groups in total. The van der Waals surface area contributed by atoms with Gasteiger partial charge < -0.3 is 10.8 Å². The summed E-state index contributed by atoms with van der Waals surface area (Å²) in [6, 6.07) is 8.25. The van der Waals surface area contributed by atoms with E-state index in [1.807, 2.05) is 19.1 Å². The summed E-state index contributed by atoms with van der Waals surface area (Å²) in [5, 5.41) is 8.72. The zero-order valence-electron chi connectivity index (χ0n) is 16.0. The molecular formula is C22H37NO2. The van der Waals surface area contributed by atoms with Crippen molar-refractivity contribution in [3.63, 3.8) is 0 Å². The fourth-order valence-corrected chi connectivity index (χ4v) is 3.32. The Kier molecular flexibility index (Phi) is 11.8. The van der Waals surface area contributed by atoms with Gasteiger partial charge in [0.15, 0.2) is 0 Å². The van der Waals surface area contributed by atoms with E-state index in [4.69, 9.17) is 10.8 Å². The van der Waals surface area contributed by atoms with Gasteiger partial charge in [-0.1, -0.05) is 83.3 Å². The van der Waals surface area contributed by atoms with E-state index in [1.165, 1.54) is 76.2 Å². The lowest BCUT2D eigenvalue weighted by atomic mass is 9.99. The van der Waals surface area contributed by atoms with Crippen LogP contribution < -0.4 is 5.73 Å². The number of hydrogen-bond donors (Lipinski definition) is 2. The van der Waals surface area contributed by atoms with Crippen LogP contribution in [0.25, 0.3) is 0 Å². The number of carboxylic acids is 1. The second-order valence-corrected chi connectivity index (χ2v) is 7.52. The van der Waals surface area contributed by atoms with Crippen LogP contribution in [0.4, 0.5) is 5.69 Å². The maximum Gasteiger partial charge on any atom is 0.303 e. The predicted octanol–water partition coefficient (Wildman–Crippen LogP) is 6.21. The summed E-state index contributed by atoms with van der Waals surface area (Å²) in [7, 11) is 0. The molecule has 0 aliphatic rings. The van der Waals surface area contributed by atoms with E-state index in [0.29, 0.717) is 12.3 Å². The van der Waals surface area contributed by atoms with E-state index in [0.717, 1.165) is 12.1 Å². The molecule has 1 aromatic rings. The zero-order valence-corrected chi connectivity index (χ0v) is 16.0. The van der Waals surface area contributed by atoms with Crippen LogP contribution >= 0.6 is 0 Å². The average Bonchev–Trinajstić information content (AvgIpc) is 2.57. The number of nitrogen functional groups attached to an aromatic ring is 1. The largest absolute Gasteiger partial charge is 0.481 e. The molecule has 0 radical (unpaired) electrons. The fraction of sp³-hybridized carbons (Fsp3) is 0.682. The second kappa shape index (κ2) is 13.7. The van der Waals surface area contributed by atoms with Crippen LogP contribution in [0.5, 0.6) is 0 Å². The molecular weight excluding hydrogens is 310 g/mol. The van der Waals surface area contributed by atoms with Gasteiger partial charge in [-0.3, -0.25) is 4.79 Å². The molecule has 1 rings (SSSR count). The highest BCUT2D eigenvalue weighted by atomic mass is 16.4. The number of nitrogens with two attached hydrogens (primary N) is 1. The van der Waals surface area contributed by atoms with E-state index in [9.17, 15) is 4.79 Å². The maximum absolute atomic E-state index is 10.6. The van der Waals surface area contributed by atoms with E-state index < -0.39 is 5.97 Å². The Labute approximate surface area is 154 Å². The molecule has 1 unspecified atom stereocenters. The number of carboxylic acid groups (broad SMARTS) is 1. The molecule has 1 aromatic carbocycles. The topological polar surface area (TPSA) is 63.3 Å². The van der Waals surface area contributed by atoms with Crippen molar-refractivity contribution in [2.45, 2.75) is 90.4 Å². The van der Waals surface area contributed by atoms with Gasteiger partial charge in [0.2, 0.25) is 0 Å². The van der Waals surface area contributed by atoms with Gasteiger partial charge in [-0.15, -0.1) is 0 Å². The summed E-state index contributed by atoms with van der Waals surface area (Å²) in [5.74, 6) is -0.341. The maximum atomic E-state index is 10.6. The number of unbranched alkanes of at least 4 members (excludes halogenated alkanes) is 9. The first kappa shape index (κ1) is 21.5. The Balaban J connectivity index is 1.81. The van der Waals surface area contributed by atoms with Crippen molar-refractivity contribution < 1.29 is 9.90 Å².